The van der Waals surface area contributed by atoms with E-state index in [4.69, 9.17) is 4.74 Å². The van der Waals surface area contributed by atoms with Gasteiger partial charge in [-0.15, -0.1) is 0 Å². The minimum absolute atomic E-state index is 0.00511. The molecule has 4 nitrogen and oxygen atoms in total. The number of fused-ring (bicyclic) bond motifs is 1. The standard InChI is InChI=1S/C13H14N2O2/c1-14-15-13(16)9-17-12-8-4-6-10-5-2-3-7-11(10)12/h2-8,14H,9H2,1H3,(H,15,16). The van der Waals surface area contributed by atoms with Gasteiger partial charge < -0.3 is 4.74 Å². The van der Waals surface area contributed by atoms with Gasteiger partial charge in [-0.2, -0.15) is 0 Å². The van der Waals surface area contributed by atoms with Gasteiger partial charge >= 0.3 is 0 Å². The summed E-state index contributed by atoms with van der Waals surface area (Å²) in [6, 6.07) is 13.7. The van der Waals surface area contributed by atoms with Crippen molar-refractivity contribution in [2.24, 2.45) is 0 Å². The molecule has 0 aromatic heterocycles. The van der Waals surface area contributed by atoms with Crippen LogP contribution >= 0.6 is 0 Å². The second kappa shape index (κ2) is 5.32. The Labute approximate surface area is 99.6 Å². The summed E-state index contributed by atoms with van der Waals surface area (Å²) >= 11 is 0. The van der Waals surface area contributed by atoms with E-state index in [1.807, 2.05) is 42.5 Å². The molecule has 17 heavy (non-hydrogen) atoms. The SMILES string of the molecule is CNNC(=O)COc1cccc2ccccc12. The van der Waals surface area contributed by atoms with E-state index in [0.29, 0.717) is 5.75 Å². The van der Waals surface area contributed by atoms with E-state index >= 15 is 0 Å². The van der Waals surface area contributed by atoms with E-state index in [1.54, 1.807) is 7.05 Å². The van der Waals surface area contributed by atoms with Gasteiger partial charge in [0.15, 0.2) is 6.61 Å². The Kier molecular flexibility index (Phi) is 3.57. The highest BCUT2D eigenvalue weighted by Crippen LogP contribution is 2.24. The molecule has 2 aromatic rings. The highest BCUT2D eigenvalue weighted by molar-refractivity contribution is 5.88. The lowest BCUT2D eigenvalue weighted by Gasteiger charge is -2.09. The summed E-state index contributed by atoms with van der Waals surface area (Å²) in [4.78, 5) is 11.3. The van der Waals surface area contributed by atoms with Gasteiger partial charge in [0.2, 0.25) is 0 Å². The van der Waals surface area contributed by atoms with Crippen molar-refractivity contribution in [1.82, 2.24) is 10.9 Å². The topological polar surface area (TPSA) is 50.4 Å². The largest absolute Gasteiger partial charge is 0.483 e. The Balaban J connectivity index is 2.16. The van der Waals surface area contributed by atoms with Gasteiger partial charge in [0.25, 0.3) is 5.91 Å². The first-order chi connectivity index (χ1) is 8.31. The van der Waals surface area contributed by atoms with E-state index in [9.17, 15) is 4.79 Å². The minimum atomic E-state index is -0.208. The number of hydrogen-bond donors (Lipinski definition) is 2. The maximum atomic E-state index is 11.3. The molecule has 0 spiro atoms. The fourth-order valence-corrected chi connectivity index (χ4v) is 1.64. The van der Waals surface area contributed by atoms with Gasteiger partial charge in [0, 0.05) is 12.4 Å². The third-order valence-electron chi connectivity index (χ3n) is 2.37. The van der Waals surface area contributed by atoms with E-state index in [1.165, 1.54) is 0 Å². The van der Waals surface area contributed by atoms with Crippen LogP contribution in [0.1, 0.15) is 0 Å². The number of nitrogens with one attached hydrogen (secondary N) is 2. The van der Waals surface area contributed by atoms with Crippen LogP contribution in [0.15, 0.2) is 42.5 Å². The van der Waals surface area contributed by atoms with Crippen molar-refractivity contribution in [3.05, 3.63) is 42.5 Å². The lowest BCUT2D eigenvalue weighted by atomic mass is 10.1. The van der Waals surface area contributed by atoms with E-state index in [0.717, 1.165) is 10.8 Å². The zero-order valence-corrected chi connectivity index (χ0v) is 9.57. The van der Waals surface area contributed by atoms with E-state index in [2.05, 4.69) is 10.9 Å². The highest BCUT2D eigenvalue weighted by atomic mass is 16.5. The van der Waals surface area contributed by atoms with Crippen LogP contribution in [0.3, 0.4) is 0 Å². The van der Waals surface area contributed by atoms with Crippen molar-refractivity contribution in [2.45, 2.75) is 0 Å². The van der Waals surface area contributed by atoms with Crippen LogP contribution in [-0.4, -0.2) is 19.6 Å². The van der Waals surface area contributed by atoms with Crippen molar-refractivity contribution in [3.63, 3.8) is 0 Å². The van der Waals surface area contributed by atoms with Crippen LogP contribution in [-0.2, 0) is 4.79 Å². The average Bonchev–Trinajstić information content (AvgIpc) is 2.36. The number of hydrogen-bond acceptors (Lipinski definition) is 3. The maximum absolute atomic E-state index is 11.3. The Bertz CT molecular complexity index is 520. The number of rotatable bonds is 4. The summed E-state index contributed by atoms with van der Waals surface area (Å²) in [7, 11) is 1.63. The lowest BCUT2D eigenvalue weighted by Crippen LogP contribution is -2.37. The zero-order valence-electron chi connectivity index (χ0n) is 9.57. The molecule has 0 atom stereocenters. The maximum Gasteiger partial charge on any atom is 0.271 e. The zero-order chi connectivity index (χ0) is 12.1. The quantitative estimate of drug-likeness (QED) is 0.782. The summed E-state index contributed by atoms with van der Waals surface area (Å²) in [6.07, 6.45) is 0. The Morgan fingerprint density at radius 3 is 2.76 bits per heavy atom. The number of hydrazine groups is 1. The number of amides is 1. The fraction of sp³-hybridized carbons (Fsp3) is 0.154. The normalized spacial score (nSPS) is 10.2. The minimum Gasteiger partial charge on any atom is -0.483 e. The molecule has 0 heterocycles. The molecule has 0 aliphatic heterocycles. The molecule has 0 saturated heterocycles. The molecule has 2 rings (SSSR count). The van der Waals surface area contributed by atoms with Crippen molar-refractivity contribution in [1.29, 1.82) is 0 Å². The lowest BCUT2D eigenvalue weighted by molar-refractivity contribution is -0.123. The molecule has 0 saturated carbocycles. The molecule has 2 aromatic carbocycles. The first-order valence-corrected chi connectivity index (χ1v) is 5.37. The van der Waals surface area contributed by atoms with Crippen molar-refractivity contribution >= 4 is 16.7 Å². The van der Waals surface area contributed by atoms with Crippen LogP contribution in [0.2, 0.25) is 0 Å². The molecular formula is C13H14N2O2. The monoisotopic (exact) mass is 230 g/mol. The van der Waals surface area contributed by atoms with Crippen molar-refractivity contribution in [2.75, 3.05) is 13.7 Å². The Morgan fingerprint density at radius 2 is 1.94 bits per heavy atom. The molecule has 2 N–H and O–H groups in total. The van der Waals surface area contributed by atoms with Gasteiger partial charge in [-0.3, -0.25) is 10.2 Å². The molecule has 0 bridgehead atoms. The van der Waals surface area contributed by atoms with Gasteiger partial charge in [0.05, 0.1) is 0 Å². The molecular weight excluding hydrogens is 216 g/mol. The fourth-order valence-electron chi connectivity index (χ4n) is 1.64. The third kappa shape index (κ3) is 2.73. The summed E-state index contributed by atoms with van der Waals surface area (Å²) in [5, 5.41) is 2.10. The summed E-state index contributed by atoms with van der Waals surface area (Å²) in [6.45, 7) is -0.00511. The molecule has 4 heteroatoms. The van der Waals surface area contributed by atoms with Gasteiger partial charge in [-0.05, 0) is 11.5 Å². The van der Waals surface area contributed by atoms with Gasteiger partial charge in [-0.1, -0.05) is 36.4 Å². The molecule has 0 fully saturated rings. The summed E-state index contributed by atoms with van der Waals surface area (Å²) in [5.41, 5.74) is 5.01. The molecule has 0 aliphatic rings. The molecule has 88 valence electrons. The second-order valence-corrected chi connectivity index (χ2v) is 3.56. The van der Waals surface area contributed by atoms with Crippen LogP contribution < -0.4 is 15.6 Å². The predicted molar refractivity (Wildman–Crippen MR) is 66.6 cm³/mol. The average molecular weight is 230 g/mol. The second-order valence-electron chi connectivity index (χ2n) is 3.56. The van der Waals surface area contributed by atoms with E-state index in [-0.39, 0.29) is 12.5 Å². The van der Waals surface area contributed by atoms with Crippen molar-refractivity contribution in [3.8, 4) is 5.75 Å². The van der Waals surface area contributed by atoms with Crippen molar-refractivity contribution < 1.29 is 9.53 Å². The molecule has 0 radical (unpaired) electrons. The smallest absolute Gasteiger partial charge is 0.271 e. The predicted octanol–water partition coefficient (Wildman–Crippen LogP) is 1.47. The number of carbonyl (C=O) groups excluding carboxylic acids is 1. The van der Waals surface area contributed by atoms with Crippen LogP contribution in [0, 0.1) is 0 Å². The van der Waals surface area contributed by atoms with Crippen LogP contribution in [0.4, 0.5) is 0 Å². The highest BCUT2D eigenvalue weighted by Gasteiger charge is 2.04. The Morgan fingerprint density at radius 1 is 1.18 bits per heavy atom. The summed E-state index contributed by atoms with van der Waals surface area (Å²) < 4.78 is 5.48. The number of ether oxygens (including phenoxy) is 1. The van der Waals surface area contributed by atoms with E-state index < -0.39 is 0 Å². The number of carbonyl (C=O) groups is 1. The van der Waals surface area contributed by atoms with Gasteiger partial charge in [0.1, 0.15) is 5.75 Å². The number of benzene rings is 2. The van der Waals surface area contributed by atoms with Crippen LogP contribution in [0.25, 0.3) is 10.8 Å². The molecule has 0 aliphatic carbocycles. The molecule has 0 unspecified atom stereocenters. The third-order valence-corrected chi connectivity index (χ3v) is 2.37. The first-order valence-electron chi connectivity index (χ1n) is 5.37. The summed E-state index contributed by atoms with van der Waals surface area (Å²) in [5.74, 6) is 0.509. The Hall–Kier alpha value is -2.07. The first kappa shape index (κ1) is 11.4. The van der Waals surface area contributed by atoms with Gasteiger partial charge in [-0.25, -0.2) is 5.43 Å². The molecule has 1 amide bonds. The van der Waals surface area contributed by atoms with Crippen LogP contribution in [0.5, 0.6) is 5.75 Å².